The minimum atomic E-state index is -0.214. The van der Waals surface area contributed by atoms with Crippen molar-refractivity contribution in [3.05, 3.63) is 29.3 Å². The average molecular weight is 207 g/mol. The highest BCUT2D eigenvalue weighted by Gasteiger charge is 2.05. The highest BCUT2D eigenvalue weighted by molar-refractivity contribution is 6.51. The Kier molecular flexibility index (Phi) is 4.36. The van der Waals surface area contributed by atoms with Gasteiger partial charge in [0.25, 0.3) is 0 Å². The van der Waals surface area contributed by atoms with E-state index in [1.165, 1.54) is 24.2 Å². The molecule has 0 aliphatic heterocycles. The zero-order valence-electron chi connectivity index (χ0n) is 9.80. The largest absolute Gasteiger partial charge is 0.325 e. The summed E-state index contributed by atoms with van der Waals surface area (Å²) in [4.78, 5) is 0. The number of benzene rings is 1. The van der Waals surface area contributed by atoms with Gasteiger partial charge in [-0.3, -0.25) is 0 Å². The quantitative estimate of drug-likeness (QED) is 0.674. The maximum Gasteiger partial charge on any atom is 0.127 e. The van der Waals surface area contributed by atoms with E-state index in [9.17, 15) is 0 Å². The van der Waals surface area contributed by atoms with E-state index in [2.05, 4.69) is 50.5 Å². The topological polar surface area (TPSA) is 3.24 Å². The summed E-state index contributed by atoms with van der Waals surface area (Å²) in [6.45, 7) is 11.3. The van der Waals surface area contributed by atoms with E-state index in [1.54, 1.807) is 5.19 Å². The van der Waals surface area contributed by atoms with E-state index >= 15 is 0 Å². The third-order valence-electron chi connectivity index (χ3n) is 3.01. The van der Waals surface area contributed by atoms with Crippen molar-refractivity contribution in [2.24, 2.45) is 0 Å². The summed E-state index contributed by atoms with van der Waals surface area (Å²) in [6.07, 6.45) is 0. The Morgan fingerprint density at radius 2 is 1.79 bits per heavy atom. The van der Waals surface area contributed by atoms with Crippen molar-refractivity contribution in [1.82, 2.24) is 4.57 Å². The van der Waals surface area contributed by atoms with Crippen molar-refractivity contribution in [3.63, 3.8) is 0 Å². The van der Waals surface area contributed by atoms with Crippen molar-refractivity contribution in [1.29, 1.82) is 0 Å². The summed E-state index contributed by atoms with van der Waals surface area (Å²) in [6, 6.07) is 6.69. The minimum Gasteiger partial charge on any atom is -0.325 e. The first-order chi connectivity index (χ1) is 6.69. The first-order valence-corrected chi connectivity index (χ1v) is 6.80. The Labute approximate surface area is 90.0 Å². The molecular formula is C12H21NSi. The highest BCUT2D eigenvalue weighted by Crippen LogP contribution is 2.02. The summed E-state index contributed by atoms with van der Waals surface area (Å²) < 4.78 is 2.59. The van der Waals surface area contributed by atoms with Crippen LogP contribution in [0.3, 0.4) is 0 Å². The molecule has 0 heterocycles. The molecule has 0 amide bonds. The number of hydrogen-bond donors (Lipinski definition) is 0. The zero-order chi connectivity index (χ0) is 10.6. The maximum absolute atomic E-state index is 2.59. The van der Waals surface area contributed by atoms with Gasteiger partial charge in [-0.25, -0.2) is 0 Å². The maximum atomic E-state index is 2.59. The standard InChI is InChI=1S/C12H21NSi/c1-5-13(6-2)14-12-9-7-8-10(3)11(12)4/h7-9H,5-6,14H2,1-4H3. The summed E-state index contributed by atoms with van der Waals surface area (Å²) in [5, 5.41) is 1.61. The molecule has 0 fully saturated rings. The van der Waals surface area contributed by atoms with Crippen LogP contribution in [0.2, 0.25) is 0 Å². The molecule has 0 saturated carbocycles. The van der Waals surface area contributed by atoms with Crippen LogP contribution < -0.4 is 5.19 Å². The van der Waals surface area contributed by atoms with Crippen LogP contribution >= 0.6 is 0 Å². The number of aryl methyl sites for hydroxylation is 1. The molecule has 0 radical (unpaired) electrons. The molecule has 0 N–H and O–H groups in total. The Bertz CT molecular complexity index is 292. The lowest BCUT2D eigenvalue weighted by Crippen LogP contribution is -2.37. The van der Waals surface area contributed by atoms with Crippen LogP contribution in [0.4, 0.5) is 0 Å². The van der Waals surface area contributed by atoms with Crippen LogP contribution in [0.15, 0.2) is 18.2 Å². The van der Waals surface area contributed by atoms with Gasteiger partial charge in [-0.2, -0.15) is 0 Å². The predicted octanol–water partition coefficient (Wildman–Crippen LogP) is 1.35. The molecule has 14 heavy (non-hydrogen) atoms. The fourth-order valence-electron chi connectivity index (χ4n) is 1.67. The van der Waals surface area contributed by atoms with Crippen LogP contribution in [-0.4, -0.2) is 27.3 Å². The molecular weight excluding hydrogens is 186 g/mol. The number of hydrogen-bond acceptors (Lipinski definition) is 1. The molecule has 0 unspecified atom stereocenters. The van der Waals surface area contributed by atoms with Crippen LogP contribution in [-0.2, 0) is 0 Å². The average Bonchev–Trinajstić information content (AvgIpc) is 2.20. The van der Waals surface area contributed by atoms with Gasteiger partial charge < -0.3 is 4.57 Å². The first kappa shape index (κ1) is 11.5. The van der Waals surface area contributed by atoms with Gasteiger partial charge in [0.15, 0.2) is 0 Å². The monoisotopic (exact) mass is 207 g/mol. The third-order valence-corrected chi connectivity index (χ3v) is 5.45. The van der Waals surface area contributed by atoms with Gasteiger partial charge in [-0.05, 0) is 43.3 Å². The van der Waals surface area contributed by atoms with Gasteiger partial charge in [-0.15, -0.1) is 0 Å². The number of nitrogens with zero attached hydrogens (tertiary/aromatic N) is 1. The molecule has 0 aliphatic carbocycles. The zero-order valence-corrected chi connectivity index (χ0v) is 11.2. The van der Waals surface area contributed by atoms with Crippen molar-refractivity contribution in [3.8, 4) is 0 Å². The fraction of sp³-hybridized carbons (Fsp3) is 0.500. The van der Waals surface area contributed by atoms with Crippen LogP contribution in [0.25, 0.3) is 0 Å². The molecule has 0 bridgehead atoms. The lowest BCUT2D eigenvalue weighted by atomic mass is 10.1. The lowest BCUT2D eigenvalue weighted by Gasteiger charge is -2.19. The van der Waals surface area contributed by atoms with E-state index in [1.807, 2.05) is 0 Å². The molecule has 1 aromatic rings. The minimum absolute atomic E-state index is 0.214. The summed E-state index contributed by atoms with van der Waals surface area (Å²) >= 11 is 0. The first-order valence-electron chi connectivity index (χ1n) is 5.46. The SMILES string of the molecule is CCN(CC)[SiH2]c1cccc(C)c1C. The van der Waals surface area contributed by atoms with Gasteiger partial charge in [0.1, 0.15) is 9.68 Å². The van der Waals surface area contributed by atoms with Crippen LogP contribution in [0.5, 0.6) is 0 Å². The second kappa shape index (κ2) is 5.32. The predicted molar refractivity (Wildman–Crippen MR) is 67.0 cm³/mol. The molecule has 1 nitrogen and oxygen atoms in total. The molecule has 0 saturated heterocycles. The fourth-order valence-corrected chi connectivity index (χ4v) is 3.36. The Morgan fingerprint density at radius 3 is 2.36 bits per heavy atom. The van der Waals surface area contributed by atoms with Crippen LogP contribution in [0, 0.1) is 13.8 Å². The Morgan fingerprint density at radius 1 is 1.14 bits per heavy atom. The second-order valence-corrected chi connectivity index (χ2v) is 5.79. The van der Waals surface area contributed by atoms with Gasteiger partial charge in [0.2, 0.25) is 0 Å². The molecule has 0 aliphatic rings. The Hall–Kier alpha value is -0.603. The molecule has 1 rings (SSSR count). The van der Waals surface area contributed by atoms with Crippen molar-refractivity contribution in [2.45, 2.75) is 27.7 Å². The van der Waals surface area contributed by atoms with Crippen molar-refractivity contribution < 1.29 is 0 Å². The molecule has 0 spiro atoms. The van der Waals surface area contributed by atoms with Crippen molar-refractivity contribution >= 4 is 14.9 Å². The van der Waals surface area contributed by atoms with Gasteiger partial charge in [0, 0.05) is 0 Å². The van der Waals surface area contributed by atoms with E-state index < -0.39 is 0 Å². The van der Waals surface area contributed by atoms with E-state index in [4.69, 9.17) is 0 Å². The Balaban J connectivity index is 2.80. The highest BCUT2D eigenvalue weighted by atomic mass is 28.2. The molecule has 0 atom stereocenters. The lowest BCUT2D eigenvalue weighted by molar-refractivity contribution is 0.498. The van der Waals surface area contributed by atoms with E-state index in [0.717, 1.165) is 0 Å². The second-order valence-electron chi connectivity index (χ2n) is 3.82. The third kappa shape index (κ3) is 2.69. The smallest absolute Gasteiger partial charge is 0.127 e. The van der Waals surface area contributed by atoms with E-state index in [-0.39, 0.29) is 9.68 Å². The molecule has 78 valence electrons. The normalized spacial score (nSPS) is 11.8. The van der Waals surface area contributed by atoms with Gasteiger partial charge in [0.05, 0.1) is 0 Å². The number of rotatable bonds is 4. The summed E-state index contributed by atoms with van der Waals surface area (Å²) in [5.74, 6) is 0. The van der Waals surface area contributed by atoms with Crippen molar-refractivity contribution in [2.75, 3.05) is 13.1 Å². The summed E-state index contributed by atoms with van der Waals surface area (Å²) in [7, 11) is -0.214. The van der Waals surface area contributed by atoms with Crippen LogP contribution in [0.1, 0.15) is 25.0 Å². The van der Waals surface area contributed by atoms with Gasteiger partial charge in [-0.1, -0.05) is 32.0 Å². The molecule has 1 aromatic carbocycles. The molecule has 0 aromatic heterocycles. The van der Waals surface area contributed by atoms with E-state index in [0.29, 0.717) is 0 Å². The van der Waals surface area contributed by atoms with Gasteiger partial charge >= 0.3 is 0 Å². The summed E-state index contributed by atoms with van der Waals surface area (Å²) in [5.41, 5.74) is 2.94. The molecule has 2 heteroatoms.